The Bertz CT molecular complexity index is 659. The molecular weight excluding hydrogens is 323 g/mol. The largest absolute Gasteiger partial charge is 0.480 e. The van der Waals surface area contributed by atoms with Gasteiger partial charge in [0.15, 0.2) is 0 Å². The standard InChI is InChI=1S/C15H21FN2O4S/c1-2-18(9-15(19)20)14-7-13(8-14)17-23(21,22)10-11-4-3-5-12(16)6-11/h3-6,13-14,17H,2,7-10H2,1H3,(H,19,20). The van der Waals surface area contributed by atoms with Crippen LogP contribution in [0.15, 0.2) is 24.3 Å². The number of carboxylic acid groups (broad SMARTS) is 1. The number of carboxylic acids is 1. The number of hydrogen-bond donors (Lipinski definition) is 2. The third kappa shape index (κ3) is 5.26. The third-order valence-corrected chi connectivity index (χ3v) is 5.37. The van der Waals surface area contributed by atoms with Gasteiger partial charge in [0.2, 0.25) is 10.0 Å². The second kappa shape index (κ2) is 7.37. The highest BCUT2D eigenvalue weighted by atomic mass is 32.2. The highest BCUT2D eigenvalue weighted by molar-refractivity contribution is 7.88. The van der Waals surface area contributed by atoms with Crippen LogP contribution in [0.1, 0.15) is 25.3 Å². The topological polar surface area (TPSA) is 86.7 Å². The Labute approximate surface area is 135 Å². The van der Waals surface area contributed by atoms with Gasteiger partial charge in [0.05, 0.1) is 12.3 Å². The summed E-state index contributed by atoms with van der Waals surface area (Å²) in [6, 6.07) is 5.40. The monoisotopic (exact) mass is 344 g/mol. The first-order valence-electron chi connectivity index (χ1n) is 7.49. The molecule has 6 nitrogen and oxygen atoms in total. The SMILES string of the molecule is CCN(CC(=O)O)C1CC(NS(=O)(=O)Cc2cccc(F)c2)C1. The zero-order valence-electron chi connectivity index (χ0n) is 12.9. The molecule has 1 saturated carbocycles. The zero-order valence-corrected chi connectivity index (χ0v) is 13.7. The van der Waals surface area contributed by atoms with Gasteiger partial charge in [-0.2, -0.15) is 0 Å². The number of nitrogens with one attached hydrogen (secondary N) is 1. The lowest BCUT2D eigenvalue weighted by atomic mass is 9.86. The summed E-state index contributed by atoms with van der Waals surface area (Å²) in [5.74, 6) is -1.62. The molecule has 0 radical (unpaired) electrons. The second-order valence-corrected chi connectivity index (χ2v) is 7.54. The number of sulfonamides is 1. The van der Waals surface area contributed by atoms with E-state index >= 15 is 0 Å². The van der Waals surface area contributed by atoms with Crippen LogP contribution in [0.2, 0.25) is 0 Å². The van der Waals surface area contributed by atoms with E-state index in [0.29, 0.717) is 24.9 Å². The highest BCUT2D eigenvalue weighted by Gasteiger charge is 2.35. The summed E-state index contributed by atoms with van der Waals surface area (Å²) >= 11 is 0. The molecule has 0 aliphatic heterocycles. The van der Waals surface area contributed by atoms with Crippen molar-refractivity contribution in [3.8, 4) is 0 Å². The van der Waals surface area contributed by atoms with Crippen LogP contribution in [-0.4, -0.2) is 49.6 Å². The second-order valence-electron chi connectivity index (χ2n) is 5.79. The molecule has 0 spiro atoms. The summed E-state index contributed by atoms with van der Waals surface area (Å²) in [4.78, 5) is 12.6. The Morgan fingerprint density at radius 2 is 2.13 bits per heavy atom. The van der Waals surface area contributed by atoms with E-state index in [1.54, 1.807) is 6.07 Å². The summed E-state index contributed by atoms with van der Waals surface area (Å²) < 4.78 is 39.9. The number of aliphatic carboxylic acids is 1. The van der Waals surface area contributed by atoms with E-state index in [-0.39, 0.29) is 24.4 Å². The maximum atomic E-state index is 13.1. The van der Waals surface area contributed by atoms with Crippen LogP contribution in [0.25, 0.3) is 0 Å². The molecule has 1 aromatic rings. The molecular formula is C15H21FN2O4S. The van der Waals surface area contributed by atoms with Crippen LogP contribution in [0.5, 0.6) is 0 Å². The summed E-state index contributed by atoms with van der Waals surface area (Å²) in [5.41, 5.74) is 0.398. The maximum absolute atomic E-state index is 13.1. The average molecular weight is 344 g/mol. The Kier molecular flexibility index (Phi) is 5.72. The van der Waals surface area contributed by atoms with Crippen molar-refractivity contribution >= 4 is 16.0 Å². The third-order valence-electron chi connectivity index (χ3n) is 3.97. The van der Waals surface area contributed by atoms with Crippen LogP contribution >= 0.6 is 0 Å². The van der Waals surface area contributed by atoms with Gasteiger partial charge in [-0.05, 0) is 37.1 Å². The minimum absolute atomic E-state index is 0.0378. The number of benzene rings is 1. The van der Waals surface area contributed by atoms with E-state index in [0.717, 1.165) is 0 Å². The predicted molar refractivity (Wildman–Crippen MR) is 83.9 cm³/mol. The average Bonchev–Trinajstić information content (AvgIpc) is 2.39. The molecule has 0 aromatic heterocycles. The Hall–Kier alpha value is -1.51. The van der Waals surface area contributed by atoms with Gasteiger partial charge in [0.1, 0.15) is 5.82 Å². The van der Waals surface area contributed by atoms with Gasteiger partial charge in [-0.15, -0.1) is 0 Å². The van der Waals surface area contributed by atoms with E-state index in [2.05, 4.69) is 4.72 Å². The fraction of sp³-hybridized carbons (Fsp3) is 0.533. The summed E-state index contributed by atoms with van der Waals surface area (Å²) in [5, 5.41) is 8.84. The number of carbonyl (C=O) groups is 1. The van der Waals surface area contributed by atoms with Crippen LogP contribution in [0.4, 0.5) is 4.39 Å². The quantitative estimate of drug-likeness (QED) is 0.740. The molecule has 0 amide bonds. The number of likely N-dealkylation sites (N-methyl/N-ethyl adjacent to an activating group) is 1. The molecule has 1 aliphatic carbocycles. The van der Waals surface area contributed by atoms with Crippen molar-refractivity contribution in [3.63, 3.8) is 0 Å². The summed E-state index contributed by atoms with van der Waals surface area (Å²) in [6.45, 7) is 2.45. The van der Waals surface area contributed by atoms with Crippen LogP contribution in [0, 0.1) is 5.82 Å². The van der Waals surface area contributed by atoms with Crippen LogP contribution < -0.4 is 4.72 Å². The van der Waals surface area contributed by atoms with Gasteiger partial charge in [-0.1, -0.05) is 19.1 Å². The fourth-order valence-corrected chi connectivity index (χ4v) is 4.20. The van der Waals surface area contributed by atoms with E-state index in [9.17, 15) is 17.6 Å². The Morgan fingerprint density at radius 1 is 1.43 bits per heavy atom. The van der Waals surface area contributed by atoms with Gasteiger partial charge in [-0.25, -0.2) is 17.5 Å². The smallest absolute Gasteiger partial charge is 0.317 e. The van der Waals surface area contributed by atoms with Crippen molar-refractivity contribution in [3.05, 3.63) is 35.6 Å². The first-order chi connectivity index (χ1) is 10.8. The number of hydrogen-bond acceptors (Lipinski definition) is 4. The summed E-state index contributed by atoms with van der Waals surface area (Å²) in [6.07, 6.45) is 1.17. The van der Waals surface area contributed by atoms with Crippen molar-refractivity contribution in [1.29, 1.82) is 0 Å². The maximum Gasteiger partial charge on any atom is 0.317 e. The molecule has 0 unspecified atom stereocenters. The molecule has 0 heterocycles. The molecule has 8 heteroatoms. The van der Waals surface area contributed by atoms with Gasteiger partial charge < -0.3 is 5.11 Å². The molecule has 23 heavy (non-hydrogen) atoms. The first kappa shape index (κ1) is 17.8. The zero-order chi connectivity index (χ0) is 17.0. The van der Waals surface area contributed by atoms with E-state index < -0.39 is 21.8 Å². The Morgan fingerprint density at radius 3 is 2.70 bits per heavy atom. The van der Waals surface area contributed by atoms with Gasteiger partial charge in [0.25, 0.3) is 0 Å². The molecule has 0 bridgehead atoms. The Balaban J connectivity index is 1.85. The number of nitrogens with zero attached hydrogens (tertiary/aromatic N) is 1. The molecule has 1 aliphatic rings. The number of rotatable bonds is 8. The van der Waals surface area contributed by atoms with Crippen molar-refractivity contribution in [2.24, 2.45) is 0 Å². The normalized spacial score (nSPS) is 21.2. The van der Waals surface area contributed by atoms with Gasteiger partial charge >= 0.3 is 5.97 Å². The van der Waals surface area contributed by atoms with E-state index in [4.69, 9.17) is 5.11 Å². The van der Waals surface area contributed by atoms with Crippen molar-refractivity contribution < 1.29 is 22.7 Å². The van der Waals surface area contributed by atoms with E-state index in [1.807, 2.05) is 11.8 Å². The van der Waals surface area contributed by atoms with E-state index in [1.165, 1.54) is 18.2 Å². The van der Waals surface area contributed by atoms with Crippen LogP contribution in [0.3, 0.4) is 0 Å². The van der Waals surface area contributed by atoms with Crippen LogP contribution in [-0.2, 0) is 20.6 Å². The number of halogens is 1. The van der Waals surface area contributed by atoms with Gasteiger partial charge in [-0.3, -0.25) is 9.69 Å². The lowest BCUT2D eigenvalue weighted by Crippen LogP contribution is -2.54. The molecule has 2 rings (SSSR count). The molecule has 0 atom stereocenters. The van der Waals surface area contributed by atoms with Gasteiger partial charge in [0, 0.05) is 12.1 Å². The van der Waals surface area contributed by atoms with Crippen molar-refractivity contribution in [1.82, 2.24) is 9.62 Å². The lowest BCUT2D eigenvalue weighted by molar-refractivity contribution is -0.139. The summed E-state index contributed by atoms with van der Waals surface area (Å²) in [7, 11) is -3.54. The lowest BCUT2D eigenvalue weighted by Gasteiger charge is -2.42. The molecule has 2 N–H and O–H groups in total. The molecule has 1 fully saturated rings. The van der Waals surface area contributed by atoms with Crippen molar-refractivity contribution in [2.45, 2.75) is 37.6 Å². The minimum atomic E-state index is -3.54. The molecule has 128 valence electrons. The highest BCUT2D eigenvalue weighted by Crippen LogP contribution is 2.26. The molecule has 1 aromatic carbocycles. The molecule has 0 saturated heterocycles. The van der Waals surface area contributed by atoms with Crippen molar-refractivity contribution in [2.75, 3.05) is 13.1 Å². The first-order valence-corrected chi connectivity index (χ1v) is 9.14. The fourth-order valence-electron chi connectivity index (χ4n) is 2.80. The minimum Gasteiger partial charge on any atom is -0.480 e. The predicted octanol–water partition coefficient (Wildman–Crippen LogP) is 1.18.